The van der Waals surface area contributed by atoms with Gasteiger partial charge in [-0.2, -0.15) is 0 Å². The first kappa shape index (κ1) is 14.6. The molecule has 1 unspecified atom stereocenters. The van der Waals surface area contributed by atoms with E-state index in [1.807, 2.05) is 6.92 Å². The van der Waals surface area contributed by atoms with Crippen LogP contribution in [0.4, 0.5) is 5.69 Å². The van der Waals surface area contributed by atoms with Crippen molar-refractivity contribution in [2.75, 3.05) is 6.61 Å². The van der Waals surface area contributed by atoms with Crippen LogP contribution >= 0.6 is 15.9 Å². The van der Waals surface area contributed by atoms with Gasteiger partial charge in [-0.25, -0.2) is 0 Å². The summed E-state index contributed by atoms with van der Waals surface area (Å²) in [5.74, 6) is -0.887. The quantitative estimate of drug-likeness (QED) is 0.474. The lowest BCUT2D eigenvalue weighted by Gasteiger charge is -2.14. The molecule has 1 rings (SSSR count). The number of pyridine rings is 1. The lowest BCUT2D eigenvalue weighted by Crippen LogP contribution is -2.17. The lowest BCUT2D eigenvalue weighted by molar-refractivity contribution is -0.385. The highest BCUT2D eigenvalue weighted by molar-refractivity contribution is 9.10. The summed E-state index contributed by atoms with van der Waals surface area (Å²) in [7, 11) is 0. The van der Waals surface area contributed by atoms with Gasteiger partial charge in [0.25, 0.3) is 5.69 Å². The fourth-order valence-corrected chi connectivity index (χ4v) is 2.12. The molecule has 0 saturated heterocycles. The molecular formula is C11H13BrN2O4. The van der Waals surface area contributed by atoms with Gasteiger partial charge >= 0.3 is 5.97 Å². The van der Waals surface area contributed by atoms with E-state index in [0.717, 1.165) is 6.20 Å². The van der Waals surface area contributed by atoms with Gasteiger partial charge in [0.05, 0.1) is 23.1 Å². The zero-order valence-corrected chi connectivity index (χ0v) is 11.6. The summed E-state index contributed by atoms with van der Waals surface area (Å²) in [5, 5.41) is 10.6. The molecule has 98 valence electrons. The summed E-state index contributed by atoms with van der Waals surface area (Å²) in [6.45, 7) is 3.85. The van der Waals surface area contributed by atoms with Gasteiger partial charge in [0.2, 0.25) is 0 Å². The van der Waals surface area contributed by atoms with E-state index in [-0.39, 0.29) is 11.7 Å². The molecule has 0 amide bonds. The van der Waals surface area contributed by atoms with Gasteiger partial charge in [0.1, 0.15) is 6.20 Å². The summed E-state index contributed by atoms with van der Waals surface area (Å²) in [4.78, 5) is 25.8. The summed E-state index contributed by atoms with van der Waals surface area (Å²) in [6.07, 6.45) is 1.66. The molecule has 0 N–H and O–H groups in total. The molecule has 0 radical (unpaired) electrons. The number of rotatable bonds is 5. The van der Waals surface area contributed by atoms with Crippen LogP contribution in [0.1, 0.15) is 31.9 Å². The second-order valence-corrected chi connectivity index (χ2v) is 4.38. The Kier molecular flexibility index (Phi) is 5.21. The monoisotopic (exact) mass is 316 g/mol. The van der Waals surface area contributed by atoms with Crippen LogP contribution in [0.25, 0.3) is 0 Å². The Hall–Kier alpha value is -1.50. The van der Waals surface area contributed by atoms with Crippen molar-refractivity contribution in [3.63, 3.8) is 0 Å². The molecule has 1 aromatic heterocycles. The van der Waals surface area contributed by atoms with Crippen LogP contribution in [0.2, 0.25) is 0 Å². The number of hydrogen-bond donors (Lipinski definition) is 0. The van der Waals surface area contributed by atoms with Crippen LogP contribution in [-0.4, -0.2) is 22.5 Å². The molecule has 0 aromatic carbocycles. The Balaban J connectivity index is 3.07. The van der Waals surface area contributed by atoms with E-state index >= 15 is 0 Å². The van der Waals surface area contributed by atoms with E-state index in [1.54, 1.807) is 6.92 Å². The van der Waals surface area contributed by atoms with Crippen LogP contribution in [0.3, 0.4) is 0 Å². The molecule has 1 heterocycles. The molecule has 0 spiro atoms. The van der Waals surface area contributed by atoms with Gasteiger partial charge in [-0.15, -0.1) is 0 Å². The molecule has 6 nitrogen and oxygen atoms in total. The molecule has 18 heavy (non-hydrogen) atoms. The van der Waals surface area contributed by atoms with Crippen LogP contribution in [0.15, 0.2) is 16.7 Å². The van der Waals surface area contributed by atoms with E-state index < -0.39 is 10.8 Å². The summed E-state index contributed by atoms with van der Waals surface area (Å²) in [6, 6.07) is 1.34. The third-order valence-corrected chi connectivity index (χ3v) is 3.01. The topological polar surface area (TPSA) is 82.3 Å². The van der Waals surface area contributed by atoms with E-state index in [9.17, 15) is 14.9 Å². The van der Waals surface area contributed by atoms with Crippen molar-refractivity contribution < 1.29 is 14.5 Å². The highest BCUT2D eigenvalue weighted by Crippen LogP contribution is 2.29. The van der Waals surface area contributed by atoms with E-state index in [2.05, 4.69) is 20.9 Å². The fourth-order valence-electron chi connectivity index (χ4n) is 1.51. The predicted molar refractivity (Wildman–Crippen MR) is 68.3 cm³/mol. The van der Waals surface area contributed by atoms with E-state index in [1.165, 1.54) is 6.07 Å². The highest BCUT2D eigenvalue weighted by atomic mass is 79.9. The van der Waals surface area contributed by atoms with Gasteiger partial charge in [-0.3, -0.25) is 19.9 Å². The van der Waals surface area contributed by atoms with Crippen molar-refractivity contribution in [3.8, 4) is 0 Å². The Morgan fingerprint density at radius 1 is 1.61 bits per heavy atom. The zero-order valence-electron chi connectivity index (χ0n) is 10.1. The highest BCUT2D eigenvalue weighted by Gasteiger charge is 2.25. The number of halogens is 1. The number of ether oxygens (including phenoxy) is 1. The number of esters is 1. The number of nitro groups is 1. The zero-order chi connectivity index (χ0) is 13.7. The van der Waals surface area contributed by atoms with Gasteiger partial charge in [0, 0.05) is 10.5 Å². The first-order valence-electron chi connectivity index (χ1n) is 5.47. The number of aromatic nitrogens is 1. The normalized spacial score (nSPS) is 11.9. The summed E-state index contributed by atoms with van der Waals surface area (Å²) >= 11 is 3.20. The van der Waals surface area contributed by atoms with Gasteiger partial charge < -0.3 is 4.74 Å². The second kappa shape index (κ2) is 6.44. The summed E-state index contributed by atoms with van der Waals surface area (Å²) < 4.78 is 5.39. The molecule has 0 aliphatic rings. The number of carbonyl (C=O) groups is 1. The van der Waals surface area contributed by atoms with Crippen molar-refractivity contribution in [1.82, 2.24) is 4.98 Å². The first-order valence-corrected chi connectivity index (χ1v) is 6.27. The molecule has 0 fully saturated rings. The Morgan fingerprint density at radius 2 is 2.28 bits per heavy atom. The molecule has 7 heteroatoms. The fraction of sp³-hybridized carbons (Fsp3) is 0.455. The molecule has 0 aliphatic heterocycles. The molecular weight excluding hydrogens is 304 g/mol. The molecule has 0 saturated carbocycles. The van der Waals surface area contributed by atoms with Gasteiger partial charge in [-0.1, -0.05) is 6.92 Å². The maximum atomic E-state index is 11.7. The van der Waals surface area contributed by atoms with Gasteiger partial charge in [0.15, 0.2) is 0 Å². The molecule has 1 aromatic rings. The number of hydrogen-bond acceptors (Lipinski definition) is 5. The maximum absolute atomic E-state index is 11.7. The predicted octanol–water partition coefficient (Wildman–Crippen LogP) is 2.81. The first-order chi connectivity index (χ1) is 8.51. The standard InChI is InChI=1S/C11H13BrN2O4/c1-3-8(11(15)18-4-2)10-9(12)5-7(6-13-10)14(16)17/h5-6,8H,3-4H2,1-2H3. The molecule has 0 bridgehead atoms. The second-order valence-electron chi connectivity index (χ2n) is 3.53. The molecule has 0 aliphatic carbocycles. The minimum Gasteiger partial charge on any atom is -0.465 e. The van der Waals surface area contributed by atoms with Crippen molar-refractivity contribution in [2.24, 2.45) is 0 Å². The lowest BCUT2D eigenvalue weighted by atomic mass is 10.0. The average Bonchev–Trinajstić information content (AvgIpc) is 2.32. The largest absolute Gasteiger partial charge is 0.465 e. The minimum absolute atomic E-state index is 0.121. The van der Waals surface area contributed by atoms with E-state index in [4.69, 9.17) is 4.74 Å². The summed E-state index contributed by atoms with van der Waals surface area (Å²) in [5.41, 5.74) is 0.339. The maximum Gasteiger partial charge on any atom is 0.315 e. The third kappa shape index (κ3) is 3.25. The Morgan fingerprint density at radius 3 is 2.72 bits per heavy atom. The van der Waals surface area contributed by atoms with E-state index in [0.29, 0.717) is 23.2 Å². The Bertz CT molecular complexity index is 464. The minimum atomic E-state index is -0.535. The van der Waals surface area contributed by atoms with Crippen molar-refractivity contribution in [1.29, 1.82) is 0 Å². The van der Waals surface area contributed by atoms with Gasteiger partial charge in [-0.05, 0) is 29.3 Å². The number of nitrogens with zero attached hydrogens (tertiary/aromatic N) is 2. The van der Waals surface area contributed by atoms with Crippen LogP contribution in [0, 0.1) is 10.1 Å². The molecule has 1 atom stereocenters. The van der Waals surface area contributed by atoms with Crippen molar-refractivity contribution in [2.45, 2.75) is 26.2 Å². The van der Waals surface area contributed by atoms with Crippen LogP contribution < -0.4 is 0 Å². The van der Waals surface area contributed by atoms with Crippen molar-refractivity contribution in [3.05, 3.63) is 32.5 Å². The van der Waals surface area contributed by atoms with Crippen LogP contribution in [0.5, 0.6) is 0 Å². The SMILES string of the molecule is CCOC(=O)C(CC)c1ncc([N+](=O)[O-])cc1Br. The van der Waals surface area contributed by atoms with Crippen molar-refractivity contribution >= 4 is 27.6 Å². The Labute approximate surface area is 113 Å². The third-order valence-electron chi connectivity index (χ3n) is 2.38. The smallest absolute Gasteiger partial charge is 0.315 e. The number of carbonyl (C=O) groups excluding carboxylic acids is 1. The average molecular weight is 317 g/mol. The van der Waals surface area contributed by atoms with Crippen LogP contribution in [-0.2, 0) is 9.53 Å².